The fraction of sp³-hybridized carbons (Fsp3) is 0.500. The van der Waals surface area contributed by atoms with Crippen molar-refractivity contribution in [1.82, 2.24) is 0 Å². The van der Waals surface area contributed by atoms with Gasteiger partial charge in [0.1, 0.15) is 6.61 Å². The minimum Gasteiger partial charge on any atom is -0.493 e. The Hall–Kier alpha value is -1.99. The lowest BCUT2D eigenvalue weighted by atomic mass is 10.1. The molecular formula is C14H21NO6. The third-order valence-corrected chi connectivity index (χ3v) is 2.67. The van der Waals surface area contributed by atoms with Crippen LogP contribution in [-0.4, -0.2) is 53.7 Å². The second-order valence-electron chi connectivity index (χ2n) is 4.04. The number of carbonyl (C=O) groups is 1. The molecule has 0 spiro atoms. The number of esters is 1. The second-order valence-corrected chi connectivity index (χ2v) is 4.04. The van der Waals surface area contributed by atoms with Crippen LogP contribution in [0.25, 0.3) is 0 Å². The van der Waals surface area contributed by atoms with Crippen molar-refractivity contribution in [3.05, 3.63) is 17.7 Å². The maximum atomic E-state index is 11.9. The predicted octanol–water partition coefficient (Wildman–Crippen LogP) is 1.11. The van der Waals surface area contributed by atoms with E-state index in [1.807, 2.05) is 0 Å². The minimum absolute atomic E-state index is 0.135. The summed E-state index contributed by atoms with van der Waals surface area (Å²) in [7, 11) is 4.56. The molecule has 0 bridgehead atoms. The van der Waals surface area contributed by atoms with Gasteiger partial charge in [0.05, 0.1) is 45.3 Å². The van der Waals surface area contributed by atoms with Gasteiger partial charge in [-0.15, -0.1) is 0 Å². The number of carbonyl (C=O) groups excluding carboxylic acids is 1. The fourth-order valence-electron chi connectivity index (χ4n) is 1.59. The molecule has 0 amide bonds. The van der Waals surface area contributed by atoms with Crippen LogP contribution in [0.5, 0.6) is 11.5 Å². The lowest BCUT2D eigenvalue weighted by Gasteiger charge is -2.12. The first-order valence-corrected chi connectivity index (χ1v) is 6.39. The number of nitrogen functional groups attached to an aromatic ring is 1. The van der Waals surface area contributed by atoms with E-state index in [9.17, 15) is 4.79 Å². The average molecular weight is 299 g/mol. The van der Waals surface area contributed by atoms with Crippen LogP contribution in [0.3, 0.4) is 0 Å². The van der Waals surface area contributed by atoms with Crippen molar-refractivity contribution in [1.29, 1.82) is 0 Å². The van der Waals surface area contributed by atoms with Crippen LogP contribution >= 0.6 is 0 Å². The highest BCUT2D eigenvalue weighted by Gasteiger charge is 2.16. The third kappa shape index (κ3) is 5.13. The van der Waals surface area contributed by atoms with Crippen molar-refractivity contribution in [2.75, 3.05) is 53.5 Å². The summed E-state index contributed by atoms with van der Waals surface area (Å²) >= 11 is 0. The van der Waals surface area contributed by atoms with Gasteiger partial charge in [-0.2, -0.15) is 0 Å². The Balaban J connectivity index is 2.57. The molecule has 1 aromatic rings. The van der Waals surface area contributed by atoms with Gasteiger partial charge in [-0.3, -0.25) is 0 Å². The largest absolute Gasteiger partial charge is 0.493 e. The molecule has 0 saturated carbocycles. The van der Waals surface area contributed by atoms with Crippen LogP contribution in [0, 0.1) is 0 Å². The van der Waals surface area contributed by atoms with Crippen molar-refractivity contribution in [3.63, 3.8) is 0 Å². The molecule has 0 aliphatic rings. The molecular weight excluding hydrogens is 278 g/mol. The first-order chi connectivity index (χ1) is 10.1. The van der Waals surface area contributed by atoms with E-state index in [1.54, 1.807) is 7.11 Å². The molecule has 21 heavy (non-hydrogen) atoms. The summed E-state index contributed by atoms with van der Waals surface area (Å²) in [6, 6.07) is 3.01. The summed E-state index contributed by atoms with van der Waals surface area (Å²) in [4.78, 5) is 11.9. The van der Waals surface area contributed by atoms with Gasteiger partial charge in [0, 0.05) is 19.2 Å². The molecule has 0 aromatic heterocycles. The molecule has 7 heteroatoms. The molecule has 7 nitrogen and oxygen atoms in total. The molecule has 0 fully saturated rings. The molecule has 1 aromatic carbocycles. The van der Waals surface area contributed by atoms with E-state index in [2.05, 4.69) is 0 Å². The minimum atomic E-state index is -0.538. The van der Waals surface area contributed by atoms with Gasteiger partial charge in [-0.05, 0) is 0 Å². The quantitative estimate of drug-likeness (QED) is 0.415. The van der Waals surface area contributed by atoms with E-state index in [4.69, 9.17) is 29.4 Å². The van der Waals surface area contributed by atoms with E-state index in [0.29, 0.717) is 31.3 Å². The van der Waals surface area contributed by atoms with Gasteiger partial charge in [0.25, 0.3) is 0 Å². The number of benzene rings is 1. The molecule has 2 N–H and O–H groups in total. The van der Waals surface area contributed by atoms with E-state index in [0.717, 1.165) is 0 Å². The number of hydrogen-bond acceptors (Lipinski definition) is 7. The highest BCUT2D eigenvalue weighted by molar-refractivity contribution is 5.96. The zero-order valence-electron chi connectivity index (χ0n) is 12.5. The third-order valence-electron chi connectivity index (χ3n) is 2.67. The smallest absolute Gasteiger partial charge is 0.340 e. The summed E-state index contributed by atoms with van der Waals surface area (Å²) in [6.07, 6.45) is 0. The van der Waals surface area contributed by atoms with E-state index in [1.165, 1.54) is 26.4 Å². The Morgan fingerprint density at radius 1 is 1.00 bits per heavy atom. The molecule has 0 saturated heterocycles. The maximum absolute atomic E-state index is 11.9. The number of hydrogen-bond donors (Lipinski definition) is 1. The first-order valence-electron chi connectivity index (χ1n) is 6.39. The number of ether oxygens (including phenoxy) is 5. The van der Waals surface area contributed by atoms with Crippen LogP contribution in [0.2, 0.25) is 0 Å². The van der Waals surface area contributed by atoms with Gasteiger partial charge >= 0.3 is 5.97 Å². The average Bonchev–Trinajstić information content (AvgIpc) is 2.50. The van der Waals surface area contributed by atoms with Gasteiger partial charge in [0.15, 0.2) is 11.5 Å². The van der Waals surface area contributed by atoms with Crippen molar-refractivity contribution in [2.45, 2.75) is 0 Å². The van der Waals surface area contributed by atoms with Crippen LogP contribution in [0.4, 0.5) is 5.69 Å². The Bertz CT molecular complexity index is 463. The Kier molecular flexibility index (Phi) is 7.34. The van der Waals surface area contributed by atoms with Crippen LogP contribution < -0.4 is 15.2 Å². The normalized spacial score (nSPS) is 10.2. The van der Waals surface area contributed by atoms with Gasteiger partial charge < -0.3 is 29.4 Å². The van der Waals surface area contributed by atoms with Crippen molar-refractivity contribution in [2.24, 2.45) is 0 Å². The number of methoxy groups -OCH3 is 3. The van der Waals surface area contributed by atoms with Gasteiger partial charge in [0.2, 0.25) is 0 Å². The highest BCUT2D eigenvalue weighted by atomic mass is 16.6. The Morgan fingerprint density at radius 3 is 2.24 bits per heavy atom. The monoisotopic (exact) mass is 299 g/mol. The Labute approximate surface area is 123 Å². The molecule has 118 valence electrons. The SMILES string of the molecule is COCCOCCOC(=O)c1cc(OC)c(OC)cc1N. The summed E-state index contributed by atoms with van der Waals surface area (Å²) < 4.78 is 25.3. The van der Waals surface area contributed by atoms with Crippen LogP contribution in [0.15, 0.2) is 12.1 Å². The summed E-state index contributed by atoms with van der Waals surface area (Å²) in [5.74, 6) is 0.327. The molecule has 0 unspecified atom stereocenters. The molecule has 0 heterocycles. The van der Waals surface area contributed by atoms with E-state index >= 15 is 0 Å². The zero-order valence-corrected chi connectivity index (χ0v) is 12.5. The summed E-state index contributed by atoms with van der Waals surface area (Å²) in [5.41, 5.74) is 6.30. The lowest BCUT2D eigenvalue weighted by molar-refractivity contribution is 0.0214. The highest BCUT2D eigenvalue weighted by Crippen LogP contribution is 2.32. The maximum Gasteiger partial charge on any atom is 0.340 e. The predicted molar refractivity (Wildman–Crippen MR) is 76.9 cm³/mol. The lowest BCUT2D eigenvalue weighted by Crippen LogP contribution is -2.14. The molecule has 0 aliphatic carbocycles. The van der Waals surface area contributed by atoms with Gasteiger partial charge in [-0.1, -0.05) is 0 Å². The van der Waals surface area contributed by atoms with Crippen LogP contribution in [-0.2, 0) is 14.2 Å². The van der Waals surface area contributed by atoms with Gasteiger partial charge in [-0.25, -0.2) is 4.79 Å². The van der Waals surface area contributed by atoms with Crippen molar-refractivity contribution in [3.8, 4) is 11.5 Å². The first kappa shape index (κ1) is 17.1. The molecule has 0 aliphatic heterocycles. The van der Waals surface area contributed by atoms with Crippen LogP contribution in [0.1, 0.15) is 10.4 Å². The van der Waals surface area contributed by atoms with Crippen molar-refractivity contribution >= 4 is 11.7 Å². The van der Waals surface area contributed by atoms with E-state index in [-0.39, 0.29) is 17.9 Å². The van der Waals surface area contributed by atoms with Crippen molar-refractivity contribution < 1.29 is 28.5 Å². The second kappa shape index (κ2) is 9.04. The summed E-state index contributed by atoms with van der Waals surface area (Å²) in [6.45, 7) is 1.38. The topological polar surface area (TPSA) is 89.2 Å². The molecule has 0 radical (unpaired) electrons. The number of rotatable bonds is 9. The molecule has 0 atom stereocenters. The number of anilines is 1. The fourth-order valence-corrected chi connectivity index (χ4v) is 1.59. The number of nitrogens with two attached hydrogens (primary N) is 1. The molecule has 1 rings (SSSR count). The standard InChI is InChI=1S/C14H21NO6/c1-17-4-5-20-6-7-21-14(16)10-8-12(18-2)13(19-3)9-11(10)15/h8-9H,4-7,15H2,1-3H3. The van der Waals surface area contributed by atoms with E-state index < -0.39 is 5.97 Å². The zero-order chi connectivity index (χ0) is 15.7. The summed E-state index contributed by atoms with van der Waals surface area (Å²) in [5, 5.41) is 0. The Morgan fingerprint density at radius 2 is 1.62 bits per heavy atom.